The average molecular weight is 418 g/mol. The predicted molar refractivity (Wildman–Crippen MR) is 94.2 cm³/mol. The summed E-state index contributed by atoms with van der Waals surface area (Å²) in [4.78, 5) is 0. The Hall–Kier alpha value is -2.06. The molecule has 29 heavy (non-hydrogen) atoms. The summed E-state index contributed by atoms with van der Waals surface area (Å²) < 4.78 is 84.1. The Morgan fingerprint density at radius 3 is 1.93 bits per heavy atom. The van der Waals surface area contributed by atoms with Gasteiger partial charge < -0.3 is 9.84 Å². The molecule has 0 heterocycles. The second-order valence-electron chi connectivity index (χ2n) is 7.50. The van der Waals surface area contributed by atoms with Gasteiger partial charge in [-0.05, 0) is 49.1 Å². The Bertz CT molecular complexity index is 806. The molecule has 0 spiro atoms. The lowest BCUT2D eigenvalue weighted by molar-refractivity contribution is -0.143. The lowest BCUT2D eigenvalue weighted by Gasteiger charge is -2.46. The first-order valence-electron chi connectivity index (χ1n) is 9.05. The molecule has 1 fully saturated rings. The van der Waals surface area contributed by atoms with Gasteiger partial charge in [-0.25, -0.2) is 0 Å². The zero-order valence-corrected chi connectivity index (χ0v) is 15.5. The van der Waals surface area contributed by atoms with E-state index in [2.05, 4.69) is 0 Å². The van der Waals surface area contributed by atoms with Crippen LogP contribution in [0, 0.1) is 0 Å². The normalized spacial score (nSPS) is 23.5. The summed E-state index contributed by atoms with van der Waals surface area (Å²) in [5.41, 5.74) is -2.53. The van der Waals surface area contributed by atoms with Gasteiger partial charge in [-0.2, -0.15) is 26.3 Å². The third-order valence-electron chi connectivity index (χ3n) is 5.33. The van der Waals surface area contributed by atoms with Crippen molar-refractivity contribution in [3.05, 3.63) is 70.8 Å². The molecule has 0 aliphatic heterocycles. The van der Waals surface area contributed by atoms with Gasteiger partial charge in [-0.15, -0.1) is 0 Å². The maximum absolute atomic E-state index is 13.1. The van der Waals surface area contributed by atoms with Gasteiger partial charge in [0, 0.05) is 5.41 Å². The molecule has 8 heteroatoms. The number of ether oxygens (including phenoxy) is 1. The summed E-state index contributed by atoms with van der Waals surface area (Å²) in [5, 5.41) is 9.77. The summed E-state index contributed by atoms with van der Waals surface area (Å²) in [7, 11) is 0. The highest BCUT2D eigenvalue weighted by molar-refractivity contribution is 5.35. The summed E-state index contributed by atoms with van der Waals surface area (Å²) in [6.45, 7) is 1.50. The number of halogens is 6. The van der Waals surface area contributed by atoms with Crippen molar-refractivity contribution in [1.82, 2.24) is 0 Å². The van der Waals surface area contributed by atoms with Crippen LogP contribution in [0.25, 0.3) is 0 Å². The minimum absolute atomic E-state index is 0.0762. The quantitative estimate of drug-likeness (QED) is 0.613. The largest absolute Gasteiger partial charge is 0.416 e. The minimum atomic E-state index is -4.90. The van der Waals surface area contributed by atoms with Crippen LogP contribution < -0.4 is 0 Å². The minimum Gasteiger partial charge on any atom is -0.393 e. The second-order valence-corrected chi connectivity index (χ2v) is 7.50. The van der Waals surface area contributed by atoms with Crippen molar-refractivity contribution in [2.24, 2.45) is 0 Å². The molecule has 1 atom stereocenters. The Morgan fingerprint density at radius 2 is 1.48 bits per heavy atom. The van der Waals surface area contributed by atoms with E-state index in [4.69, 9.17) is 4.74 Å². The van der Waals surface area contributed by atoms with Gasteiger partial charge >= 0.3 is 12.4 Å². The smallest absolute Gasteiger partial charge is 0.393 e. The number of aliphatic hydroxyl groups excluding tert-OH is 1. The fourth-order valence-electron chi connectivity index (χ4n) is 3.67. The lowest BCUT2D eigenvalue weighted by Crippen LogP contribution is -2.48. The highest BCUT2D eigenvalue weighted by Crippen LogP contribution is 2.45. The standard InChI is InChI=1S/C21H20F6O2/c1-13(14-7-16(20(22,23)24)9-17(8-14)21(25,26)27)29-12-19(10-18(28)11-19)15-5-3-2-4-6-15/h2-9,13,18,28H,10-12H2,1H3/t13-,18-,19+/m1/s1. The highest BCUT2D eigenvalue weighted by Gasteiger charge is 2.45. The van der Waals surface area contributed by atoms with Gasteiger partial charge in [0.1, 0.15) is 0 Å². The van der Waals surface area contributed by atoms with Crippen molar-refractivity contribution < 1.29 is 36.2 Å². The monoisotopic (exact) mass is 418 g/mol. The summed E-state index contributed by atoms with van der Waals surface area (Å²) in [5.74, 6) is 0. The van der Waals surface area contributed by atoms with Crippen molar-refractivity contribution in [2.45, 2.75) is 49.7 Å². The van der Waals surface area contributed by atoms with E-state index in [-0.39, 0.29) is 18.2 Å². The van der Waals surface area contributed by atoms with Crippen LogP contribution >= 0.6 is 0 Å². The van der Waals surface area contributed by atoms with Gasteiger partial charge in [0.25, 0.3) is 0 Å². The van der Waals surface area contributed by atoms with Crippen LogP contribution in [0.4, 0.5) is 26.3 Å². The molecular weight excluding hydrogens is 398 g/mol. The Kier molecular flexibility index (Phi) is 5.71. The number of alkyl halides is 6. The third-order valence-corrected chi connectivity index (χ3v) is 5.33. The number of rotatable bonds is 5. The van der Waals surface area contributed by atoms with E-state index in [1.165, 1.54) is 6.92 Å². The molecule has 0 radical (unpaired) electrons. The van der Waals surface area contributed by atoms with E-state index in [9.17, 15) is 31.4 Å². The van der Waals surface area contributed by atoms with Gasteiger partial charge in [0.15, 0.2) is 0 Å². The maximum Gasteiger partial charge on any atom is 0.416 e. The molecule has 2 aromatic carbocycles. The molecule has 0 bridgehead atoms. The van der Waals surface area contributed by atoms with E-state index in [1.54, 1.807) is 0 Å². The van der Waals surface area contributed by atoms with Gasteiger partial charge in [-0.3, -0.25) is 0 Å². The Morgan fingerprint density at radius 1 is 0.966 bits per heavy atom. The van der Waals surface area contributed by atoms with E-state index in [0.29, 0.717) is 25.0 Å². The molecule has 2 aromatic rings. The van der Waals surface area contributed by atoms with Crippen LogP contribution in [-0.2, 0) is 22.5 Å². The maximum atomic E-state index is 13.1. The zero-order valence-electron chi connectivity index (χ0n) is 15.5. The Balaban J connectivity index is 1.84. The van der Waals surface area contributed by atoms with E-state index in [0.717, 1.165) is 5.56 Å². The molecule has 0 unspecified atom stereocenters. The number of hydrogen-bond acceptors (Lipinski definition) is 2. The van der Waals surface area contributed by atoms with E-state index >= 15 is 0 Å². The zero-order chi connectivity index (χ0) is 21.4. The molecular formula is C21H20F6O2. The second kappa shape index (κ2) is 7.65. The third kappa shape index (κ3) is 4.75. The topological polar surface area (TPSA) is 29.5 Å². The first-order chi connectivity index (χ1) is 13.4. The van der Waals surface area contributed by atoms with E-state index in [1.807, 2.05) is 30.3 Å². The first kappa shape index (κ1) is 21.6. The fourth-order valence-corrected chi connectivity index (χ4v) is 3.67. The van der Waals surface area contributed by atoms with Gasteiger partial charge in [0.2, 0.25) is 0 Å². The van der Waals surface area contributed by atoms with Crippen LogP contribution in [0.15, 0.2) is 48.5 Å². The molecule has 1 aliphatic carbocycles. The Labute approximate surface area is 164 Å². The van der Waals surface area contributed by atoms with Gasteiger partial charge in [-0.1, -0.05) is 30.3 Å². The van der Waals surface area contributed by atoms with Gasteiger partial charge in [0.05, 0.1) is 29.9 Å². The molecule has 0 aromatic heterocycles. The fraction of sp³-hybridized carbons (Fsp3) is 0.429. The van der Waals surface area contributed by atoms with Crippen LogP contribution in [0.2, 0.25) is 0 Å². The average Bonchev–Trinajstić information content (AvgIpc) is 2.63. The van der Waals surface area contributed by atoms with Crippen molar-refractivity contribution in [2.75, 3.05) is 6.61 Å². The number of aliphatic hydroxyl groups is 1. The predicted octanol–water partition coefficient (Wildman–Crippen LogP) is 5.89. The van der Waals surface area contributed by atoms with Crippen LogP contribution in [0.1, 0.15) is 48.1 Å². The summed E-state index contributed by atoms with van der Waals surface area (Å²) in [6, 6.07) is 10.7. The first-order valence-corrected chi connectivity index (χ1v) is 9.05. The highest BCUT2D eigenvalue weighted by atomic mass is 19.4. The lowest BCUT2D eigenvalue weighted by atomic mass is 9.63. The summed E-state index contributed by atoms with van der Waals surface area (Å²) in [6.07, 6.45) is -10.5. The molecule has 1 N–H and O–H groups in total. The van der Waals surface area contributed by atoms with Crippen molar-refractivity contribution >= 4 is 0 Å². The molecule has 2 nitrogen and oxygen atoms in total. The molecule has 1 aliphatic rings. The SMILES string of the molecule is C[C@@H](OC[C@]1(c2ccccc2)C[C@@H](O)C1)c1cc(C(F)(F)F)cc(C(F)(F)F)c1. The van der Waals surface area contributed by atoms with Crippen molar-refractivity contribution in [3.8, 4) is 0 Å². The molecule has 1 saturated carbocycles. The van der Waals surface area contributed by atoms with Crippen molar-refractivity contribution in [3.63, 3.8) is 0 Å². The van der Waals surface area contributed by atoms with Crippen LogP contribution in [0.5, 0.6) is 0 Å². The molecule has 158 valence electrons. The molecule has 0 amide bonds. The number of hydrogen-bond donors (Lipinski definition) is 1. The summed E-state index contributed by atoms with van der Waals surface area (Å²) >= 11 is 0. The number of benzene rings is 2. The molecule has 3 rings (SSSR count). The van der Waals surface area contributed by atoms with E-state index < -0.39 is 41.1 Å². The van der Waals surface area contributed by atoms with Crippen LogP contribution in [0.3, 0.4) is 0 Å². The molecule has 0 saturated heterocycles. The van der Waals surface area contributed by atoms with Crippen LogP contribution in [-0.4, -0.2) is 17.8 Å². The van der Waals surface area contributed by atoms with Crippen molar-refractivity contribution in [1.29, 1.82) is 0 Å².